The number of para-hydroxylation sites is 2. The molecule has 1 aliphatic rings. The first-order chi connectivity index (χ1) is 34.9. The Morgan fingerprint density at radius 1 is 0.606 bits per heavy atom. The molecule has 71 heavy (non-hydrogen) atoms. The van der Waals surface area contributed by atoms with Gasteiger partial charge in [0.05, 0.1) is 23.7 Å². The quantitative estimate of drug-likeness (QED) is 0.0497. The van der Waals surface area contributed by atoms with Crippen molar-refractivity contribution >= 4 is 63.2 Å². The number of carboxylic acids is 1. The Labute approximate surface area is 425 Å². The lowest BCUT2D eigenvalue weighted by atomic mass is 9.67. The summed E-state index contributed by atoms with van der Waals surface area (Å²) >= 11 is 3.04. The van der Waals surface area contributed by atoms with Gasteiger partial charge in [-0.25, -0.2) is 4.85 Å². The number of benzene rings is 7. The second-order valence-electron chi connectivity index (χ2n) is 18.5. The first-order valence-corrected chi connectivity index (χ1v) is 26.5. The van der Waals surface area contributed by atoms with E-state index in [9.17, 15) is 9.90 Å². The summed E-state index contributed by atoms with van der Waals surface area (Å²) in [6.07, 6.45) is 13.4. The fourth-order valence-corrected chi connectivity index (χ4v) is 12.3. The Morgan fingerprint density at radius 3 is 1.70 bits per heavy atom. The molecule has 1 N–H and O–H groups in total. The second kappa shape index (κ2) is 21.3. The van der Waals surface area contributed by atoms with Crippen LogP contribution in [0.3, 0.4) is 0 Å². The molecule has 0 fully saturated rings. The van der Waals surface area contributed by atoms with Gasteiger partial charge in [-0.2, -0.15) is 8.75 Å². The highest BCUT2D eigenvalue weighted by Crippen LogP contribution is 2.61. The van der Waals surface area contributed by atoms with Gasteiger partial charge >= 0.3 is 5.97 Å². The average molecular weight is 965 g/mol. The summed E-state index contributed by atoms with van der Waals surface area (Å²) in [6.45, 7) is 11.8. The number of unbranched alkanes of at least 4 members (excludes halogenated alkanes) is 6. The van der Waals surface area contributed by atoms with Gasteiger partial charge in [0.15, 0.2) is 0 Å². The highest BCUT2D eigenvalue weighted by Gasteiger charge is 2.48. The first kappa shape index (κ1) is 47.2. The lowest BCUT2D eigenvalue weighted by Crippen LogP contribution is -2.28. The normalized spacial score (nSPS) is 12.7. The second-order valence-corrected chi connectivity index (χ2v) is 20.1. The number of nitrogens with zero attached hydrogens (tertiary/aromatic N) is 4. The number of hydrogen-bond acceptors (Lipinski definition) is 6. The molecular weight excluding hydrogens is 909 g/mol. The minimum atomic E-state index is -1.24. The van der Waals surface area contributed by atoms with Crippen LogP contribution in [-0.4, -0.2) is 19.8 Å². The molecule has 2 aromatic heterocycles. The number of aliphatic carboxylic acids is 1. The Bertz CT molecular complexity index is 3270. The molecule has 0 bridgehead atoms. The Kier molecular flexibility index (Phi) is 14.2. The molecule has 0 saturated heterocycles. The molecule has 2 heterocycles. The predicted octanol–water partition coefficient (Wildman–Crippen LogP) is 17.5. The molecule has 6 nitrogen and oxygen atoms in total. The van der Waals surface area contributed by atoms with E-state index in [0.29, 0.717) is 5.56 Å². The van der Waals surface area contributed by atoms with Crippen molar-refractivity contribution in [2.75, 3.05) is 4.90 Å². The zero-order valence-corrected chi connectivity index (χ0v) is 41.9. The molecule has 8 heteroatoms. The van der Waals surface area contributed by atoms with Gasteiger partial charge in [-0.3, -0.25) is 4.79 Å². The summed E-state index contributed by atoms with van der Waals surface area (Å²) in [5.41, 5.74) is 16.6. The third-order valence-electron chi connectivity index (χ3n) is 14.0. The number of aryl methyl sites for hydroxylation is 2. The number of carboxylic acid groups (broad SMARTS) is 1. The molecule has 0 saturated carbocycles. The van der Waals surface area contributed by atoms with Crippen LogP contribution in [0.25, 0.3) is 54.0 Å². The van der Waals surface area contributed by atoms with E-state index in [2.05, 4.69) is 169 Å². The van der Waals surface area contributed by atoms with E-state index in [1.54, 1.807) is 0 Å². The lowest BCUT2D eigenvalue weighted by molar-refractivity contribution is -0.132. The van der Waals surface area contributed by atoms with E-state index in [0.717, 1.165) is 62.5 Å². The third kappa shape index (κ3) is 9.36. The highest BCUT2D eigenvalue weighted by atomic mass is 32.1. The SMILES string of the molecule is [C-]#[N+]/C(=C\c1ccc(-c2ccc(-c3cc4c(s3)-c3ccc(N(c5ccccc5)c5ccccc5)cc3C4(c3ccc(CCCCCC)cc3)c3ccc(CCCCCC)cc3)c3nsnc23)cc1)C(=O)O. The van der Waals surface area contributed by atoms with E-state index in [4.69, 9.17) is 15.3 Å². The Morgan fingerprint density at radius 2 is 1.15 bits per heavy atom. The Balaban J connectivity index is 1.15. The van der Waals surface area contributed by atoms with Crippen LogP contribution in [0.5, 0.6) is 0 Å². The van der Waals surface area contributed by atoms with Gasteiger partial charge in [0, 0.05) is 37.9 Å². The van der Waals surface area contributed by atoms with E-state index in [1.807, 2.05) is 35.6 Å². The molecule has 352 valence electrons. The fraction of sp³-hybridized carbons (Fsp3) is 0.206. The van der Waals surface area contributed by atoms with Crippen molar-refractivity contribution in [3.8, 4) is 32.0 Å². The van der Waals surface area contributed by atoms with Gasteiger partial charge in [-0.05, 0) is 124 Å². The van der Waals surface area contributed by atoms with Crippen molar-refractivity contribution in [2.24, 2.45) is 0 Å². The molecule has 0 spiro atoms. The number of carbonyl (C=O) groups is 1. The molecule has 0 amide bonds. The maximum Gasteiger partial charge on any atom is 0.333 e. The van der Waals surface area contributed by atoms with Crippen molar-refractivity contribution in [3.05, 3.63) is 226 Å². The smallest absolute Gasteiger partial charge is 0.333 e. The largest absolute Gasteiger partial charge is 0.486 e. The van der Waals surface area contributed by atoms with Crippen LogP contribution in [0.4, 0.5) is 17.1 Å². The van der Waals surface area contributed by atoms with Crippen molar-refractivity contribution in [3.63, 3.8) is 0 Å². The maximum absolute atomic E-state index is 11.5. The van der Waals surface area contributed by atoms with Crippen LogP contribution in [0.1, 0.15) is 104 Å². The van der Waals surface area contributed by atoms with Gasteiger partial charge in [-0.1, -0.05) is 180 Å². The minimum Gasteiger partial charge on any atom is -0.486 e. The van der Waals surface area contributed by atoms with E-state index in [1.165, 1.54) is 113 Å². The number of thiophene rings is 1. The number of anilines is 3. The van der Waals surface area contributed by atoms with E-state index < -0.39 is 11.4 Å². The minimum absolute atomic E-state index is 0.325. The highest BCUT2D eigenvalue weighted by molar-refractivity contribution is 7.19. The zero-order chi connectivity index (χ0) is 48.7. The van der Waals surface area contributed by atoms with Crippen LogP contribution in [0, 0.1) is 6.57 Å². The summed E-state index contributed by atoms with van der Waals surface area (Å²) in [5, 5.41) is 9.43. The van der Waals surface area contributed by atoms with E-state index in [-0.39, 0.29) is 5.70 Å². The molecule has 1 aliphatic carbocycles. The number of aromatic nitrogens is 2. The molecule has 0 unspecified atom stereocenters. The number of fused-ring (bicyclic) bond motifs is 4. The standard InChI is InChI=1S/C63H56N4O2S2/c1-4-6-8-12-18-43-26-32-47(33-27-43)63(48-34-28-44(29-35-48)19-13-9-7-5-2)55-41-51(67(49-20-14-10-15-21-49)50-22-16-11-17-23-50)36-37-53(55)61-56(63)42-58(70-61)54-39-38-52(59-60(54)66-71-65-59)46-30-24-45(25-31-46)40-57(64-3)62(68)69/h10-11,14-17,20-42H,4-9,12-13,18-19H2,1-2H3,(H,68,69)/b57-40-. The van der Waals surface area contributed by atoms with Crippen molar-refractivity contribution in [1.82, 2.24) is 8.75 Å². The maximum atomic E-state index is 11.5. The van der Waals surface area contributed by atoms with Gasteiger partial charge < -0.3 is 10.0 Å². The van der Waals surface area contributed by atoms with Gasteiger partial charge in [0.1, 0.15) is 11.0 Å². The lowest BCUT2D eigenvalue weighted by Gasteiger charge is -2.35. The number of rotatable bonds is 19. The summed E-state index contributed by atoms with van der Waals surface area (Å²) in [5.74, 6) is -1.24. The van der Waals surface area contributed by atoms with Crippen LogP contribution in [-0.2, 0) is 23.1 Å². The van der Waals surface area contributed by atoms with Crippen LogP contribution in [0.15, 0.2) is 176 Å². The monoisotopic (exact) mass is 964 g/mol. The van der Waals surface area contributed by atoms with Crippen LogP contribution < -0.4 is 4.90 Å². The summed E-state index contributed by atoms with van der Waals surface area (Å²) in [7, 11) is 0. The van der Waals surface area contributed by atoms with Gasteiger partial charge in [-0.15, -0.1) is 11.3 Å². The van der Waals surface area contributed by atoms with Crippen molar-refractivity contribution in [1.29, 1.82) is 0 Å². The summed E-state index contributed by atoms with van der Waals surface area (Å²) < 4.78 is 9.82. The Hall–Kier alpha value is -7.44. The van der Waals surface area contributed by atoms with Crippen molar-refractivity contribution < 1.29 is 9.90 Å². The first-order valence-electron chi connectivity index (χ1n) is 25.0. The van der Waals surface area contributed by atoms with Crippen molar-refractivity contribution in [2.45, 2.75) is 83.5 Å². The summed E-state index contributed by atoms with van der Waals surface area (Å²) in [4.78, 5) is 19.5. The van der Waals surface area contributed by atoms with Crippen LogP contribution in [0.2, 0.25) is 0 Å². The predicted molar refractivity (Wildman–Crippen MR) is 296 cm³/mol. The average Bonchev–Trinajstić information content (AvgIpc) is 4.15. The van der Waals surface area contributed by atoms with Gasteiger partial charge in [0.25, 0.3) is 5.70 Å². The molecule has 9 aromatic rings. The van der Waals surface area contributed by atoms with E-state index >= 15 is 0 Å². The fourth-order valence-electron chi connectivity index (χ4n) is 10.4. The zero-order valence-electron chi connectivity index (χ0n) is 40.3. The topological polar surface area (TPSA) is 70.7 Å². The molecular formula is C63H56N4O2S2. The molecule has 0 aliphatic heterocycles. The third-order valence-corrected chi connectivity index (χ3v) is 15.8. The molecule has 7 aromatic carbocycles. The number of hydrogen-bond donors (Lipinski definition) is 1. The molecule has 10 rings (SSSR count). The van der Waals surface area contributed by atoms with Crippen LogP contribution >= 0.6 is 23.1 Å². The molecule has 0 radical (unpaired) electrons. The summed E-state index contributed by atoms with van der Waals surface area (Å²) in [6, 6.07) is 61.9. The molecule has 0 atom stereocenters. The van der Waals surface area contributed by atoms with Gasteiger partial charge in [0.2, 0.25) is 0 Å².